The van der Waals surface area contributed by atoms with E-state index in [9.17, 15) is 26.2 Å². The topological polar surface area (TPSA) is 127 Å². The maximum Gasteiger partial charge on any atom is 0.412 e. The van der Waals surface area contributed by atoms with Gasteiger partial charge in [0.05, 0.1) is 15.3 Å². The van der Waals surface area contributed by atoms with Crippen molar-refractivity contribution in [3.8, 4) is 0 Å². The van der Waals surface area contributed by atoms with Gasteiger partial charge in [-0.15, -0.1) is 0 Å². The molecule has 0 radical (unpaired) electrons. The van der Waals surface area contributed by atoms with Crippen LogP contribution in [0.15, 0.2) is 58.0 Å². The summed E-state index contributed by atoms with van der Waals surface area (Å²) < 4.78 is 62.6. The van der Waals surface area contributed by atoms with Crippen LogP contribution in [0.1, 0.15) is 34.1 Å². The number of ether oxygens (including phenoxy) is 1. The Kier molecular flexibility index (Phi) is 5.80. The fourth-order valence-corrected chi connectivity index (χ4v) is 4.96. The minimum Gasteiger partial charge on any atom is -0.444 e. The molecule has 8 nitrogen and oxygen atoms in total. The van der Waals surface area contributed by atoms with E-state index in [-0.39, 0.29) is 17.0 Å². The molecule has 2 rings (SSSR count). The molecular weight excluding hydrogens is 406 g/mol. The normalized spacial score (nSPS) is 20.8. The predicted octanol–water partition coefficient (Wildman–Crippen LogP) is 2.80. The molecule has 10 heteroatoms. The number of nitrogens with one attached hydrogen (secondary N) is 1. The summed E-state index contributed by atoms with van der Waals surface area (Å²) in [5.74, 6) is 0. The molecule has 1 atom stereocenters. The summed E-state index contributed by atoms with van der Waals surface area (Å²) in [5, 5.41) is 2.24. The van der Waals surface area contributed by atoms with Gasteiger partial charge in [-0.3, -0.25) is 9.87 Å². The zero-order valence-corrected chi connectivity index (χ0v) is 17.6. The summed E-state index contributed by atoms with van der Waals surface area (Å²) in [4.78, 5) is 11.6. The number of rotatable bonds is 4. The van der Waals surface area contributed by atoms with E-state index >= 15 is 0 Å². The number of amides is 1. The lowest BCUT2D eigenvalue weighted by Gasteiger charge is -2.30. The molecular formula is C18H23NO7S2. The zero-order valence-electron chi connectivity index (χ0n) is 16.0. The van der Waals surface area contributed by atoms with Crippen LogP contribution in [0.5, 0.6) is 0 Å². The van der Waals surface area contributed by atoms with Crippen molar-refractivity contribution < 1.29 is 30.9 Å². The molecule has 0 spiro atoms. The zero-order chi connectivity index (χ0) is 21.4. The van der Waals surface area contributed by atoms with Crippen LogP contribution < -0.4 is 5.32 Å². The van der Waals surface area contributed by atoms with Crippen LogP contribution >= 0.6 is 0 Å². The highest BCUT2D eigenvalue weighted by atomic mass is 32.2. The largest absolute Gasteiger partial charge is 0.444 e. The fraction of sp³-hybridized carbons (Fsp3) is 0.389. The second-order valence-electron chi connectivity index (χ2n) is 7.56. The fourth-order valence-electron chi connectivity index (χ4n) is 2.65. The number of hydrogen-bond acceptors (Lipinski definition) is 6. The Morgan fingerprint density at radius 1 is 1.14 bits per heavy atom. The van der Waals surface area contributed by atoms with Crippen molar-refractivity contribution in [3.05, 3.63) is 53.1 Å². The minimum atomic E-state index is -4.70. The van der Waals surface area contributed by atoms with Crippen LogP contribution in [-0.4, -0.2) is 37.8 Å². The van der Waals surface area contributed by atoms with Crippen molar-refractivity contribution in [1.29, 1.82) is 0 Å². The Morgan fingerprint density at radius 2 is 1.71 bits per heavy atom. The molecule has 0 aliphatic heterocycles. The molecule has 1 amide bonds. The minimum absolute atomic E-state index is 0.0501. The number of carbonyl (C=O) groups is 1. The summed E-state index contributed by atoms with van der Waals surface area (Å²) >= 11 is 0. The van der Waals surface area contributed by atoms with Crippen molar-refractivity contribution in [3.63, 3.8) is 0 Å². The summed E-state index contributed by atoms with van der Waals surface area (Å²) in [7, 11) is -8.62. The van der Waals surface area contributed by atoms with Crippen LogP contribution in [0.25, 0.3) is 0 Å². The molecule has 1 aromatic carbocycles. The number of sulfone groups is 1. The van der Waals surface area contributed by atoms with E-state index in [4.69, 9.17) is 4.74 Å². The number of allylic oxidation sites excluding steroid dienone is 1. The van der Waals surface area contributed by atoms with Crippen LogP contribution in [0.4, 0.5) is 4.79 Å². The third-order valence-corrected chi connectivity index (χ3v) is 7.34. The molecule has 0 bridgehead atoms. The molecule has 28 heavy (non-hydrogen) atoms. The van der Waals surface area contributed by atoms with Crippen molar-refractivity contribution in [1.82, 2.24) is 5.32 Å². The smallest absolute Gasteiger partial charge is 0.412 e. The average Bonchev–Trinajstić information content (AvgIpc) is 2.52. The number of benzene rings is 1. The van der Waals surface area contributed by atoms with E-state index in [1.54, 1.807) is 39.0 Å². The van der Waals surface area contributed by atoms with E-state index in [1.807, 2.05) is 0 Å². The van der Waals surface area contributed by atoms with Crippen LogP contribution in [0, 0.1) is 0 Å². The molecule has 0 saturated heterocycles. The molecule has 2 N–H and O–H groups in total. The first-order chi connectivity index (χ1) is 12.7. The van der Waals surface area contributed by atoms with Gasteiger partial charge in [0.1, 0.15) is 10.5 Å². The molecule has 1 aliphatic rings. The molecule has 0 aromatic heterocycles. The molecule has 0 heterocycles. The molecule has 1 aromatic rings. The highest BCUT2D eigenvalue weighted by molar-refractivity contribution is 7.93. The van der Waals surface area contributed by atoms with E-state index < -0.39 is 41.3 Å². The first-order valence-corrected chi connectivity index (χ1v) is 11.3. The first-order valence-electron chi connectivity index (χ1n) is 8.36. The van der Waals surface area contributed by atoms with Gasteiger partial charge in [0, 0.05) is 0 Å². The van der Waals surface area contributed by atoms with Crippen molar-refractivity contribution in [2.24, 2.45) is 0 Å². The van der Waals surface area contributed by atoms with Crippen LogP contribution in [0.2, 0.25) is 0 Å². The molecule has 154 valence electrons. The van der Waals surface area contributed by atoms with Gasteiger partial charge in [-0.1, -0.05) is 24.3 Å². The van der Waals surface area contributed by atoms with Crippen LogP contribution in [0.3, 0.4) is 0 Å². The predicted molar refractivity (Wildman–Crippen MR) is 104 cm³/mol. The third-order valence-electron chi connectivity index (χ3n) is 3.99. The maximum absolute atomic E-state index is 13.1. The second-order valence-corrected chi connectivity index (χ2v) is 11.4. The summed E-state index contributed by atoms with van der Waals surface area (Å²) in [5.41, 5.74) is -1.22. The average molecular weight is 430 g/mol. The standard InChI is InChI=1S/C18H23NO7S2/c1-17(2,3)26-16(20)19-14-12-18(4,11-10-15(14)28(23,24)25)27(21,22)13-8-6-5-7-9-13/h5-10,12H,11H2,1-4H3,(H,19,20)(H,23,24,25). The number of hydrogen-bond donors (Lipinski definition) is 2. The highest BCUT2D eigenvalue weighted by Crippen LogP contribution is 2.37. The lowest BCUT2D eigenvalue weighted by molar-refractivity contribution is 0.0547. The van der Waals surface area contributed by atoms with Gasteiger partial charge in [0.2, 0.25) is 0 Å². The first kappa shape index (κ1) is 22.1. The second kappa shape index (κ2) is 7.34. The Bertz CT molecular complexity index is 1030. The van der Waals surface area contributed by atoms with Crippen molar-refractivity contribution in [2.75, 3.05) is 0 Å². The summed E-state index contributed by atoms with van der Waals surface area (Å²) in [6.07, 6.45) is 0.999. The molecule has 0 fully saturated rings. The quantitative estimate of drug-likeness (QED) is 0.705. The van der Waals surface area contributed by atoms with Crippen LogP contribution in [-0.2, 0) is 24.7 Å². The summed E-state index contributed by atoms with van der Waals surface area (Å²) in [6.45, 7) is 6.26. The maximum atomic E-state index is 13.1. The Hall–Kier alpha value is -2.17. The van der Waals surface area contributed by atoms with E-state index in [0.717, 1.165) is 12.2 Å². The third kappa shape index (κ3) is 4.81. The molecule has 1 unspecified atom stereocenters. The van der Waals surface area contributed by atoms with Gasteiger partial charge in [0.15, 0.2) is 9.84 Å². The van der Waals surface area contributed by atoms with E-state index in [0.29, 0.717) is 0 Å². The van der Waals surface area contributed by atoms with Gasteiger partial charge in [0.25, 0.3) is 10.1 Å². The van der Waals surface area contributed by atoms with E-state index in [1.165, 1.54) is 19.1 Å². The molecule has 1 aliphatic carbocycles. The Balaban J connectivity index is 2.51. The number of carbonyl (C=O) groups excluding carboxylic acids is 1. The lowest BCUT2D eigenvalue weighted by atomic mass is 10.00. The SMILES string of the molecule is CC(C)(C)OC(=O)NC1=CC(C)(S(=O)(=O)c2ccccc2)CC=C1S(=O)(=O)O. The number of alkyl carbamates (subject to hydrolysis) is 1. The van der Waals surface area contributed by atoms with E-state index in [2.05, 4.69) is 5.32 Å². The Morgan fingerprint density at radius 3 is 2.21 bits per heavy atom. The van der Waals surface area contributed by atoms with Gasteiger partial charge in [-0.25, -0.2) is 13.2 Å². The van der Waals surface area contributed by atoms with Gasteiger partial charge < -0.3 is 4.74 Å². The van der Waals surface area contributed by atoms with Gasteiger partial charge >= 0.3 is 6.09 Å². The van der Waals surface area contributed by atoms with Crippen molar-refractivity contribution >= 4 is 26.0 Å². The summed E-state index contributed by atoms with van der Waals surface area (Å²) in [6, 6.07) is 7.67. The monoisotopic (exact) mass is 429 g/mol. The molecule has 0 saturated carbocycles. The Labute approximate surface area is 165 Å². The highest BCUT2D eigenvalue weighted by Gasteiger charge is 2.42. The van der Waals surface area contributed by atoms with Gasteiger partial charge in [-0.2, -0.15) is 8.42 Å². The van der Waals surface area contributed by atoms with Gasteiger partial charge in [-0.05, 0) is 52.3 Å². The lowest BCUT2D eigenvalue weighted by Crippen LogP contribution is -2.40. The van der Waals surface area contributed by atoms with Crippen molar-refractivity contribution in [2.45, 2.75) is 49.4 Å².